The Balaban J connectivity index is 1.99. The standard InChI is InChI=1S/C16H12N2OS/c1-18-9-14(11-4-5-19-10-11)13-7-12(8-17-16(13)18)15-3-2-6-20-15/h2-10H,1H3. The summed E-state index contributed by atoms with van der Waals surface area (Å²) in [6, 6.07) is 8.36. The molecule has 0 amide bonds. The minimum atomic E-state index is 0.988. The van der Waals surface area contributed by atoms with Gasteiger partial charge in [0, 0.05) is 46.4 Å². The Hall–Kier alpha value is -2.33. The van der Waals surface area contributed by atoms with E-state index in [1.165, 1.54) is 4.88 Å². The minimum Gasteiger partial charge on any atom is -0.472 e. The summed E-state index contributed by atoms with van der Waals surface area (Å²) in [6.45, 7) is 0. The van der Waals surface area contributed by atoms with Gasteiger partial charge in [-0.05, 0) is 23.6 Å². The molecule has 4 aromatic rings. The number of furan rings is 1. The maximum absolute atomic E-state index is 5.20. The molecule has 0 unspecified atom stereocenters. The van der Waals surface area contributed by atoms with E-state index >= 15 is 0 Å². The lowest BCUT2D eigenvalue weighted by Crippen LogP contribution is -1.87. The maximum Gasteiger partial charge on any atom is 0.140 e. The second-order valence-corrected chi connectivity index (χ2v) is 5.69. The summed E-state index contributed by atoms with van der Waals surface area (Å²) in [6.07, 6.45) is 7.51. The minimum absolute atomic E-state index is 0.988. The van der Waals surface area contributed by atoms with Gasteiger partial charge in [-0.15, -0.1) is 11.3 Å². The molecule has 0 saturated heterocycles. The fraction of sp³-hybridized carbons (Fsp3) is 0.0625. The van der Waals surface area contributed by atoms with Gasteiger partial charge in [0.05, 0.1) is 12.5 Å². The fourth-order valence-corrected chi connectivity index (χ4v) is 3.20. The van der Waals surface area contributed by atoms with Crippen molar-refractivity contribution in [2.24, 2.45) is 7.05 Å². The van der Waals surface area contributed by atoms with Crippen molar-refractivity contribution < 1.29 is 4.42 Å². The molecule has 4 heterocycles. The summed E-state index contributed by atoms with van der Waals surface area (Å²) in [7, 11) is 2.02. The van der Waals surface area contributed by atoms with Crippen LogP contribution in [0.15, 0.2) is 59.0 Å². The van der Waals surface area contributed by atoms with Crippen LogP contribution in [0.3, 0.4) is 0 Å². The third-order valence-corrected chi connectivity index (χ3v) is 4.37. The highest BCUT2D eigenvalue weighted by molar-refractivity contribution is 7.13. The van der Waals surface area contributed by atoms with Crippen LogP contribution in [0.25, 0.3) is 32.6 Å². The lowest BCUT2D eigenvalue weighted by Gasteiger charge is -2.00. The van der Waals surface area contributed by atoms with Crippen molar-refractivity contribution in [1.82, 2.24) is 9.55 Å². The van der Waals surface area contributed by atoms with Crippen molar-refractivity contribution in [3.8, 4) is 21.6 Å². The fourth-order valence-electron chi connectivity index (χ4n) is 2.49. The zero-order chi connectivity index (χ0) is 13.5. The largest absolute Gasteiger partial charge is 0.472 e. The number of nitrogens with zero attached hydrogens (tertiary/aromatic N) is 2. The van der Waals surface area contributed by atoms with Gasteiger partial charge in [0.25, 0.3) is 0 Å². The molecule has 3 nitrogen and oxygen atoms in total. The number of fused-ring (bicyclic) bond motifs is 1. The third kappa shape index (κ3) is 1.69. The van der Waals surface area contributed by atoms with Crippen LogP contribution < -0.4 is 0 Å². The van der Waals surface area contributed by atoms with E-state index in [0.29, 0.717) is 0 Å². The molecule has 0 aliphatic heterocycles. The SMILES string of the molecule is Cn1cc(-c2ccoc2)c2cc(-c3cccs3)cnc21. The van der Waals surface area contributed by atoms with Gasteiger partial charge in [-0.3, -0.25) is 0 Å². The van der Waals surface area contributed by atoms with Crippen molar-refractivity contribution in [3.05, 3.63) is 54.6 Å². The number of hydrogen-bond acceptors (Lipinski definition) is 3. The van der Waals surface area contributed by atoms with Crippen molar-refractivity contribution in [1.29, 1.82) is 0 Å². The molecule has 0 aromatic carbocycles. The molecule has 20 heavy (non-hydrogen) atoms. The van der Waals surface area contributed by atoms with Crippen LogP contribution in [0.4, 0.5) is 0 Å². The summed E-state index contributed by atoms with van der Waals surface area (Å²) >= 11 is 1.73. The monoisotopic (exact) mass is 280 g/mol. The number of hydrogen-bond donors (Lipinski definition) is 0. The van der Waals surface area contributed by atoms with E-state index in [2.05, 4.69) is 39.3 Å². The quantitative estimate of drug-likeness (QED) is 0.539. The zero-order valence-corrected chi connectivity index (χ0v) is 11.7. The highest BCUT2D eigenvalue weighted by Crippen LogP contribution is 2.33. The van der Waals surface area contributed by atoms with E-state index in [1.807, 2.05) is 19.3 Å². The van der Waals surface area contributed by atoms with Crippen molar-refractivity contribution in [2.45, 2.75) is 0 Å². The predicted molar refractivity (Wildman–Crippen MR) is 81.7 cm³/mol. The van der Waals surface area contributed by atoms with Gasteiger partial charge in [0.2, 0.25) is 0 Å². The Labute approximate surface area is 120 Å². The molecule has 0 fully saturated rings. The van der Waals surface area contributed by atoms with Crippen LogP contribution in [-0.2, 0) is 7.05 Å². The van der Waals surface area contributed by atoms with Gasteiger partial charge in [-0.1, -0.05) is 6.07 Å². The maximum atomic E-state index is 5.20. The first-order chi connectivity index (χ1) is 9.83. The van der Waals surface area contributed by atoms with Gasteiger partial charge in [0.1, 0.15) is 5.65 Å². The molecule has 0 bridgehead atoms. The number of thiophene rings is 1. The molecule has 4 rings (SSSR count). The molecule has 0 spiro atoms. The Kier molecular flexibility index (Phi) is 2.50. The average molecular weight is 280 g/mol. The van der Waals surface area contributed by atoms with E-state index < -0.39 is 0 Å². The Bertz CT molecular complexity index is 858. The summed E-state index contributed by atoms with van der Waals surface area (Å²) < 4.78 is 7.25. The second-order valence-electron chi connectivity index (χ2n) is 4.74. The highest BCUT2D eigenvalue weighted by Gasteiger charge is 2.12. The van der Waals surface area contributed by atoms with E-state index in [0.717, 1.165) is 27.7 Å². The number of pyridine rings is 1. The second kappa shape index (κ2) is 4.35. The summed E-state index contributed by atoms with van der Waals surface area (Å²) in [5.74, 6) is 0. The summed E-state index contributed by atoms with van der Waals surface area (Å²) in [4.78, 5) is 5.84. The molecule has 0 aliphatic carbocycles. The van der Waals surface area contributed by atoms with Crippen molar-refractivity contribution >= 4 is 22.4 Å². The lowest BCUT2D eigenvalue weighted by molar-refractivity contribution is 0.568. The van der Waals surface area contributed by atoms with E-state index in [4.69, 9.17) is 4.42 Å². The van der Waals surface area contributed by atoms with Crippen LogP contribution in [0.1, 0.15) is 0 Å². The van der Waals surface area contributed by atoms with Gasteiger partial charge in [0.15, 0.2) is 0 Å². The molecular weight excluding hydrogens is 268 g/mol. The average Bonchev–Trinajstić information content (AvgIpc) is 3.19. The topological polar surface area (TPSA) is 31.0 Å². The zero-order valence-electron chi connectivity index (χ0n) is 10.9. The van der Waals surface area contributed by atoms with Crippen molar-refractivity contribution in [3.63, 3.8) is 0 Å². The molecular formula is C16H12N2OS. The summed E-state index contributed by atoms with van der Waals surface area (Å²) in [5, 5.41) is 3.24. The lowest BCUT2D eigenvalue weighted by atomic mass is 10.1. The first-order valence-electron chi connectivity index (χ1n) is 6.34. The molecule has 0 N–H and O–H groups in total. The van der Waals surface area contributed by atoms with Crippen LogP contribution in [0.2, 0.25) is 0 Å². The number of aromatic nitrogens is 2. The highest BCUT2D eigenvalue weighted by atomic mass is 32.1. The Morgan fingerprint density at radius 1 is 1.25 bits per heavy atom. The van der Waals surface area contributed by atoms with Gasteiger partial charge < -0.3 is 8.98 Å². The first-order valence-corrected chi connectivity index (χ1v) is 7.22. The van der Waals surface area contributed by atoms with E-state index in [1.54, 1.807) is 23.9 Å². The molecule has 4 aromatic heterocycles. The molecule has 0 saturated carbocycles. The van der Waals surface area contributed by atoms with Crippen molar-refractivity contribution in [2.75, 3.05) is 0 Å². The first kappa shape index (κ1) is 11.5. The Morgan fingerprint density at radius 3 is 2.95 bits per heavy atom. The Morgan fingerprint density at radius 2 is 2.20 bits per heavy atom. The van der Waals surface area contributed by atoms with Gasteiger partial charge >= 0.3 is 0 Å². The van der Waals surface area contributed by atoms with E-state index in [9.17, 15) is 0 Å². The third-order valence-electron chi connectivity index (χ3n) is 3.45. The smallest absolute Gasteiger partial charge is 0.140 e. The summed E-state index contributed by atoms with van der Waals surface area (Å²) in [5.41, 5.74) is 4.38. The van der Waals surface area contributed by atoms with Crippen LogP contribution in [-0.4, -0.2) is 9.55 Å². The predicted octanol–water partition coefficient (Wildman–Crippen LogP) is 4.56. The number of rotatable bonds is 2. The molecule has 0 aliphatic rings. The molecule has 4 heteroatoms. The number of aryl methyl sites for hydroxylation is 1. The normalized spacial score (nSPS) is 11.2. The van der Waals surface area contributed by atoms with E-state index in [-0.39, 0.29) is 0 Å². The van der Waals surface area contributed by atoms with Crippen LogP contribution >= 0.6 is 11.3 Å². The molecule has 0 atom stereocenters. The molecule has 98 valence electrons. The van der Waals surface area contributed by atoms with Crippen LogP contribution in [0, 0.1) is 0 Å². The van der Waals surface area contributed by atoms with Gasteiger partial charge in [-0.25, -0.2) is 4.98 Å². The van der Waals surface area contributed by atoms with Crippen LogP contribution in [0.5, 0.6) is 0 Å². The molecule has 0 radical (unpaired) electrons. The van der Waals surface area contributed by atoms with Gasteiger partial charge in [-0.2, -0.15) is 0 Å².